The van der Waals surface area contributed by atoms with Crippen molar-refractivity contribution >= 4 is 70.1 Å². The van der Waals surface area contributed by atoms with Gasteiger partial charge in [0, 0.05) is 10.6 Å². The number of ether oxygens (including phenoxy) is 1. The number of carbonyl (C=O) groups excluding carboxylic acids is 5. The van der Waals surface area contributed by atoms with E-state index in [1.54, 1.807) is 0 Å². The van der Waals surface area contributed by atoms with Crippen LogP contribution in [-0.2, 0) is 19.1 Å². The van der Waals surface area contributed by atoms with E-state index in [1.807, 2.05) is 0 Å². The summed E-state index contributed by atoms with van der Waals surface area (Å²) in [7, 11) is 0. The molecule has 0 radical (unpaired) electrons. The summed E-state index contributed by atoms with van der Waals surface area (Å²) in [5.74, 6) is -3.84. The fourth-order valence-corrected chi connectivity index (χ4v) is 4.86. The zero-order valence-electron chi connectivity index (χ0n) is 18.6. The Bertz CT molecular complexity index is 1180. The summed E-state index contributed by atoms with van der Waals surface area (Å²) in [6.07, 6.45) is 0.655. The maximum Gasteiger partial charge on any atom is 0.338 e. The van der Waals surface area contributed by atoms with Gasteiger partial charge >= 0.3 is 5.97 Å². The molecule has 36 heavy (non-hydrogen) atoms. The van der Waals surface area contributed by atoms with E-state index < -0.39 is 36.2 Å². The summed E-state index contributed by atoms with van der Waals surface area (Å²) in [6.45, 7) is -0.646. The third kappa shape index (κ3) is 5.48. The molecule has 2 aromatic carbocycles. The normalized spacial score (nSPS) is 23.1. The lowest BCUT2D eigenvalue weighted by atomic mass is 9.80. The predicted molar refractivity (Wildman–Crippen MR) is 132 cm³/mol. The fourth-order valence-electron chi connectivity index (χ4n) is 4.15. The second kappa shape index (κ2) is 10.9. The smallest absolute Gasteiger partial charge is 0.338 e. The molecule has 4 amide bonds. The average Bonchev–Trinajstić information content (AvgIpc) is 3.10. The van der Waals surface area contributed by atoms with Gasteiger partial charge in [-0.1, -0.05) is 11.6 Å². The molecule has 1 heterocycles. The molecule has 2 aliphatic rings. The number of rotatable bonds is 5. The molecule has 188 valence electrons. The molecule has 0 bridgehead atoms. The van der Waals surface area contributed by atoms with Crippen molar-refractivity contribution in [2.45, 2.75) is 23.6 Å². The van der Waals surface area contributed by atoms with Crippen LogP contribution in [0.4, 0.5) is 5.69 Å². The topological polar surface area (TPSA) is 122 Å². The zero-order valence-corrected chi connectivity index (χ0v) is 20.8. The van der Waals surface area contributed by atoms with Crippen LogP contribution in [0.15, 0.2) is 48.5 Å². The number of hydrogen-bond donors (Lipinski definition) is 2. The van der Waals surface area contributed by atoms with Gasteiger partial charge in [-0.05, 0) is 61.4 Å². The van der Waals surface area contributed by atoms with E-state index in [0.717, 1.165) is 4.90 Å². The summed E-state index contributed by atoms with van der Waals surface area (Å²) in [5.41, 5.74) is 5.03. The molecule has 1 saturated carbocycles. The summed E-state index contributed by atoms with van der Waals surface area (Å²) < 4.78 is 4.96. The van der Waals surface area contributed by atoms with Crippen LogP contribution in [-0.4, -0.2) is 47.0 Å². The standard InChI is InChI=1S/C24H20Cl3N3O6/c25-14-5-1-12(2-6-14)21(32)29-28-20(31)11-36-24(35)13-3-7-15(8-4-13)30-22(33)16-9-18(26)19(27)10-17(16)23(30)34/h1-8,16-19H,9-11H2,(H,28,31)(H,29,32)/t16-,17+,18+,19-. The molecule has 4 rings (SSSR count). The van der Waals surface area contributed by atoms with E-state index in [9.17, 15) is 24.0 Å². The monoisotopic (exact) mass is 551 g/mol. The number of imide groups is 1. The minimum atomic E-state index is -0.802. The molecule has 4 atom stereocenters. The molecule has 1 aliphatic heterocycles. The number of benzene rings is 2. The third-order valence-electron chi connectivity index (χ3n) is 6.03. The van der Waals surface area contributed by atoms with Gasteiger partial charge in [0.2, 0.25) is 11.8 Å². The number of nitrogens with one attached hydrogen (secondary N) is 2. The van der Waals surface area contributed by atoms with E-state index in [1.165, 1.54) is 48.5 Å². The number of esters is 1. The van der Waals surface area contributed by atoms with Crippen molar-refractivity contribution in [1.82, 2.24) is 10.9 Å². The SMILES string of the molecule is O=C(COC(=O)c1ccc(N2C(=O)[C@H]3C[C@@H](Cl)[C@@H](Cl)C[C@H]3C2=O)cc1)NNC(=O)c1ccc(Cl)cc1. The van der Waals surface area contributed by atoms with Crippen LogP contribution in [0, 0.1) is 11.8 Å². The maximum atomic E-state index is 12.8. The lowest BCUT2D eigenvalue weighted by molar-refractivity contribution is -0.125. The number of halogens is 3. The molecule has 12 heteroatoms. The number of hydrogen-bond acceptors (Lipinski definition) is 6. The highest BCUT2D eigenvalue weighted by Gasteiger charge is 2.52. The van der Waals surface area contributed by atoms with Gasteiger partial charge in [0.15, 0.2) is 6.61 Å². The Kier molecular flexibility index (Phi) is 7.82. The lowest BCUT2D eigenvalue weighted by Gasteiger charge is -2.28. The van der Waals surface area contributed by atoms with Crippen LogP contribution in [0.25, 0.3) is 0 Å². The largest absolute Gasteiger partial charge is 0.452 e. The Labute approximate surface area is 221 Å². The second-order valence-electron chi connectivity index (χ2n) is 8.36. The summed E-state index contributed by atoms with van der Waals surface area (Å²) in [5, 5.41) is -0.310. The van der Waals surface area contributed by atoms with Crippen molar-refractivity contribution in [3.8, 4) is 0 Å². The quantitative estimate of drug-likeness (QED) is 0.254. The van der Waals surface area contributed by atoms with Gasteiger partial charge in [0.1, 0.15) is 0 Å². The molecule has 1 saturated heterocycles. The van der Waals surface area contributed by atoms with Gasteiger partial charge in [-0.25, -0.2) is 4.79 Å². The van der Waals surface area contributed by atoms with Crippen LogP contribution in [0.2, 0.25) is 5.02 Å². The maximum absolute atomic E-state index is 12.8. The number of anilines is 1. The second-order valence-corrected chi connectivity index (χ2v) is 9.92. The molecule has 9 nitrogen and oxygen atoms in total. The molecule has 2 N–H and O–H groups in total. The zero-order chi connectivity index (χ0) is 26.0. The first-order chi connectivity index (χ1) is 17.2. The molecular formula is C24H20Cl3N3O6. The number of nitrogens with zero attached hydrogens (tertiary/aromatic N) is 1. The number of fused-ring (bicyclic) bond motifs is 1. The Hall–Kier alpha value is -3.14. The van der Waals surface area contributed by atoms with Crippen molar-refractivity contribution in [1.29, 1.82) is 0 Å². The van der Waals surface area contributed by atoms with E-state index >= 15 is 0 Å². The summed E-state index contributed by atoms with van der Waals surface area (Å²) in [4.78, 5) is 63.0. The Morgan fingerprint density at radius 2 is 1.36 bits per heavy atom. The van der Waals surface area contributed by atoms with Crippen molar-refractivity contribution in [2.24, 2.45) is 11.8 Å². The molecule has 2 aromatic rings. The summed E-state index contributed by atoms with van der Waals surface area (Å²) >= 11 is 18.2. The first-order valence-corrected chi connectivity index (χ1v) is 12.2. The highest BCUT2D eigenvalue weighted by molar-refractivity contribution is 6.31. The fraction of sp³-hybridized carbons (Fsp3) is 0.292. The van der Waals surface area contributed by atoms with Gasteiger partial charge in [0.25, 0.3) is 11.8 Å². The third-order valence-corrected chi connectivity index (χ3v) is 7.37. The molecule has 2 fully saturated rings. The minimum absolute atomic E-state index is 0.106. The highest BCUT2D eigenvalue weighted by atomic mass is 35.5. The minimum Gasteiger partial charge on any atom is -0.452 e. The highest BCUT2D eigenvalue weighted by Crippen LogP contribution is 2.43. The first kappa shape index (κ1) is 25.9. The van der Waals surface area contributed by atoms with E-state index in [-0.39, 0.29) is 33.7 Å². The van der Waals surface area contributed by atoms with Gasteiger partial charge in [0.05, 0.1) is 33.8 Å². The molecule has 0 unspecified atom stereocenters. The number of hydrazine groups is 1. The van der Waals surface area contributed by atoms with Gasteiger partial charge in [-0.2, -0.15) is 0 Å². The Morgan fingerprint density at radius 1 is 0.833 bits per heavy atom. The number of amides is 4. The molecule has 1 aliphatic carbocycles. The first-order valence-electron chi connectivity index (χ1n) is 10.9. The van der Waals surface area contributed by atoms with Crippen LogP contribution in [0.1, 0.15) is 33.6 Å². The van der Waals surface area contributed by atoms with E-state index in [0.29, 0.717) is 23.6 Å². The van der Waals surface area contributed by atoms with Gasteiger partial charge in [-0.15, -0.1) is 23.2 Å². The van der Waals surface area contributed by atoms with Crippen LogP contribution < -0.4 is 15.8 Å². The van der Waals surface area contributed by atoms with Gasteiger partial charge < -0.3 is 4.74 Å². The van der Waals surface area contributed by atoms with E-state index in [2.05, 4.69) is 10.9 Å². The molecule has 0 spiro atoms. The number of carbonyl (C=O) groups is 5. The van der Waals surface area contributed by atoms with Crippen molar-refractivity contribution in [3.05, 3.63) is 64.7 Å². The van der Waals surface area contributed by atoms with Gasteiger partial charge in [-0.3, -0.25) is 34.9 Å². The average molecular weight is 553 g/mol. The van der Waals surface area contributed by atoms with E-state index in [4.69, 9.17) is 39.5 Å². The molecule has 0 aromatic heterocycles. The van der Waals surface area contributed by atoms with Crippen LogP contribution >= 0.6 is 34.8 Å². The predicted octanol–water partition coefficient (Wildman–Crippen LogP) is 3.07. The lowest BCUT2D eigenvalue weighted by Crippen LogP contribution is -2.43. The van der Waals surface area contributed by atoms with Crippen LogP contribution in [0.3, 0.4) is 0 Å². The summed E-state index contributed by atoms with van der Waals surface area (Å²) in [6, 6.07) is 11.7. The Morgan fingerprint density at radius 3 is 1.92 bits per heavy atom. The Balaban J connectivity index is 1.29. The van der Waals surface area contributed by atoms with Crippen molar-refractivity contribution in [3.63, 3.8) is 0 Å². The van der Waals surface area contributed by atoms with Crippen LogP contribution in [0.5, 0.6) is 0 Å². The van der Waals surface area contributed by atoms with Crippen molar-refractivity contribution in [2.75, 3.05) is 11.5 Å². The van der Waals surface area contributed by atoms with Crippen molar-refractivity contribution < 1.29 is 28.7 Å². The molecular weight excluding hydrogens is 533 g/mol. The number of alkyl halides is 2.